The van der Waals surface area contributed by atoms with Gasteiger partial charge in [-0.25, -0.2) is 9.18 Å². The SMILES string of the molecule is COC(=O)c1ccc([C@H](C)NC(=O)C2CCCCN2Cc2ccc(F)cc2)cc1. The zero-order valence-corrected chi connectivity index (χ0v) is 16.9. The Bertz CT molecular complexity index is 836. The monoisotopic (exact) mass is 398 g/mol. The molecule has 1 unspecified atom stereocenters. The number of hydrogen-bond acceptors (Lipinski definition) is 4. The molecule has 6 heteroatoms. The van der Waals surface area contributed by atoms with E-state index in [-0.39, 0.29) is 29.8 Å². The van der Waals surface area contributed by atoms with Crippen molar-refractivity contribution in [3.63, 3.8) is 0 Å². The van der Waals surface area contributed by atoms with Crippen LogP contribution in [0.25, 0.3) is 0 Å². The zero-order chi connectivity index (χ0) is 20.8. The summed E-state index contributed by atoms with van der Waals surface area (Å²) in [5.74, 6) is -0.642. The van der Waals surface area contributed by atoms with Gasteiger partial charge in [0.2, 0.25) is 5.91 Å². The van der Waals surface area contributed by atoms with Crippen LogP contribution in [-0.2, 0) is 16.1 Å². The lowest BCUT2D eigenvalue weighted by Crippen LogP contribution is -2.49. The summed E-state index contributed by atoms with van der Waals surface area (Å²) in [4.78, 5) is 26.7. The second kappa shape index (κ2) is 9.65. The van der Waals surface area contributed by atoms with Gasteiger partial charge >= 0.3 is 5.97 Å². The Morgan fingerprint density at radius 3 is 2.48 bits per heavy atom. The maximum absolute atomic E-state index is 13.2. The molecule has 2 atom stereocenters. The van der Waals surface area contributed by atoms with E-state index in [1.807, 2.05) is 19.1 Å². The first kappa shape index (κ1) is 21.0. The first-order chi connectivity index (χ1) is 14.0. The lowest BCUT2D eigenvalue weighted by Gasteiger charge is -2.35. The number of hydrogen-bond donors (Lipinski definition) is 1. The molecule has 2 aromatic carbocycles. The van der Waals surface area contributed by atoms with E-state index in [1.54, 1.807) is 24.3 Å². The molecule has 2 aromatic rings. The molecule has 1 saturated heterocycles. The summed E-state index contributed by atoms with van der Waals surface area (Å²) in [5.41, 5.74) is 2.40. The highest BCUT2D eigenvalue weighted by atomic mass is 19.1. The number of carbonyl (C=O) groups is 2. The van der Waals surface area contributed by atoms with Crippen LogP contribution in [0, 0.1) is 5.82 Å². The van der Waals surface area contributed by atoms with Crippen LogP contribution in [0.2, 0.25) is 0 Å². The van der Waals surface area contributed by atoms with Crippen LogP contribution < -0.4 is 5.32 Å². The van der Waals surface area contributed by atoms with Gasteiger partial charge in [0.15, 0.2) is 0 Å². The van der Waals surface area contributed by atoms with Crippen molar-refractivity contribution in [2.75, 3.05) is 13.7 Å². The number of ether oxygens (including phenoxy) is 1. The lowest BCUT2D eigenvalue weighted by molar-refractivity contribution is -0.128. The molecule has 3 rings (SSSR count). The summed E-state index contributed by atoms with van der Waals surface area (Å²) < 4.78 is 17.9. The fourth-order valence-electron chi connectivity index (χ4n) is 3.72. The first-order valence-electron chi connectivity index (χ1n) is 9.95. The van der Waals surface area contributed by atoms with E-state index in [0.717, 1.165) is 36.9 Å². The third-order valence-corrected chi connectivity index (χ3v) is 5.41. The van der Waals surface area contributed by atoms with E-state index >= 15 is 0 Å². The summed E-state index contributed by atoms with van der Waals surface area (Å²) in [6.07, 6.45) is 2.87. The average molecular weight is 398 g/mol. The molecule has 0 aliphatic carbocycles. The van der Waals surface area contributed by atoms with Gasteiger partial charge in [0.05, 0.1) is 24.8 Å². The Labute approximate surface area is 170 Å². The number of amides is 1. The lowest BCUT2D eigenvalue weighted by atomic mass is 9.99. The molecule has 1 heterocycles. The van der Waals surface area contributed by atoms with Crippen molar-refractivity contribution in [2.24, 2.45) is 0 Å². The Hall–Kier alpha value is -2.73. The molecule has 0 saturated carbocycles. The molecule has 1 fully saturated rings. The third-order valence-electron chi connectivity index (χ3n) is 5.41. The predicted molar refractivity (Wildman–Crippen MR) is 109 cm³/mol. The van der Waals surface area contributed by atoms with Crippen molar-refractivity contribution in [1.29, 1.82) is 0 Å². The van der Waals surface area contributed by atoms with E-state index in [2.05, 4.69) is 10.2 Å². The standard InChI is InChI=1S/C23H27FN2O3/c1-16(18-8-10-19(11-9-18)23(28)29-2)25-22(27)21-5-3-4-14-26(21)15-17-6-12-20(24)13-7-17/h6-13,16,21H,3-5,14-15H2,1-2H3,(H,25,27)/t16-,21?/m0/s1. The number of likely N-dealkylation sites (tertiary alicyclic amines) is 1. The molecule has 0 aromatic heterocycles. The van der Waals surface area contributed by atoms with Crippen molar-refractivity contribution >= 4 is 11.9 Å². The number of benzene rings is 2. The van der Waals surface area contributed by atoms with Gasteiger partial charge in [-0.3, -0.25) is 9.69 Å². The van der Waals surface area contributed by atoms with Crippen molar-refractivity contribution < 1.29 is 18.7 Å². The number of nitrogens with one attached hydrogen (secondary N) is 1. The highest BCUT2D eigenvalue weighted by molar-refractivity contribution is 5.89. The fourth-order valence-corrected chi connectivity index (χ4v) is 3.72. The molecule has 5 nitrogen and oxygen atoms in total. The van der Waals surface area contributed by atoms with Crippen LogP contribution in [0.15, 0.2) is 48.5 Å². The van der Waals surface area contributed by atoms with Gasteiger partial charge in [-0.1, -0.05) is 30.7 Å². The minimum absolute atomic E-state index is 0.00337. The fraction of sp³-hybridized carbons (Fsp3) is 0.391. The maximum atomic E-state index is 13.2. The number of nitrogens with zero attached hydrogens (tertiary/aromatic N) is 1. The molecule has 0 bridgehead atoms. The van der Waals surface area contributed by atoms with E-state index < -0.39 is 0 Å². The summed E-state index contributed by atoms with van der Waals surface area (Å²) in [6, 6.07) is 13.1. The van der Waals surface area contributed by atoms with E-state index in [1.165, 1.54) is 19.2 Å². The molecular formula is C23H27FN2O3. The van der Waals surface area contributed by atoms with Crippen LogP contribution in [-0.4, -0.2) is 36.5 Å². The number of methoxy groups -OCH3 is 1. The molecule has 0 radical (unpaired) electrons. The van der Waals surface area contributed by atoms with Crippen molar-refractivity contribution in [3.05, 3.63) is 71.0 Å². The number of carbonyl (C=O) groups excluding carboxylic acids is 2. The summed E-state index contributed by atoms with van der Waals surface area (Å²) >= 11 is 0. The molecule has 0 spiro atoms. The van der Waals surface area contributed by atoms with E-state index in [0.29, 0.717) is 12.1 Å². The van der Waals surface area contributed by atoms with E-state index in [4.69, 9.17) is 4.74 Å². The molecule has 1 amide bonds. The Morgan fingerprint density at radius 2 is 1.83 bits per heavy atom. The van der Waals surface area contributed by atoms with Crippen molar-refractivity contribution in [1.82, 2.24) is 10.2 Å². The van der Waals surface area contributed by atoms with Crippen LogP contribution >= 0.6 is 0 Å². The van der Waals surface area contributed by atoms with Crippen molar-refractivity contribution in [3.8, 4) is 0 Å². The molecular weight excluding hydrogens is 371 g/mol. The third kappa shape index (κ3) is 5.41. The number of rotatable bonds is 6. The predicted octanol–water partition coefficient (Wildman–Crippen LogP) is 3.84. The summed E-state index contributed by atoms with van der Waals surface area (Å²) in [6.45, 7) is 3.40. The summed E-state index contributed by atoms with van der Waals surface area (Å²) in [7, 11) is 1.35. The minimum atomic E-state index is -0.383. The second-order valence-electron chi connectivity index (χ2n) is 7.45. The number of esters is 1. The van der Waals surface area contributed by atoms with Crippen LogP contribution in [0.4, 0.5) is 4.39 Å². The van der Waals surface area contributed by atoms with Gasteiger partial charge in [0, 0.05) is 6.54 Å². The van der Waals surface area contributed by atoms with Gasteiger partial charge in [-0.2, -0.15) is 0 Å². The molecule has 1 aliphatic heterocycles. The van der Waals surface area contributed by atoms with Gasteiger partial charge in [-0.05, 0) is 61.7 Å². The maximum Gasteiger partial charge on any atom is 0.337 e. The van der Waals surface area contributed by atoms with Gasteiger partial charge in [-0.15, -0.1) is 0 Å². The van der Waals surface area contributed by atoms with Crippen molar-refractivity contribution in [2.45, 2.75) is 44.8 Å². The number of halogens is 1. The topological polar surface area (TPSA) is 58.6 Å². The van der Waals surface area contributed by atoms with Crippen LogP contribution in [0.1, 0.15) is 53.7 Å². The van der Waals surface area contributed by atoms with Crippen LogP contribution in [0.3, 0.4) is 0 Å². The van der Waals surface area contributed by atoms with Crippen LogP contribution in [0.5, 0.6) is 0 Å². The smallest absolute Gasteiger partial charge is 0.337 e. The molecule has 154 valence electrons. The second-order valence-corrected chi connectivity index (χ2v) is 7.45. The Morgan fingerprint density at radius 1 is 1.14 bits per heavy atom. The Balaban J connectivity index is 1.64. The van der Waals surface area contributed by atoms with Gasteiger partial charge in [0.25, 0.3) is 0 Å². The molecule has 29 heavy (non-hydrogen) atoms. The zero-order valence-electron chi connectivity index (χ0n) is 16.9. The largest absolute Gasteiger partial charge is 0.465 e. The first-order valence-corrected chi connectivity index (χ1v) is 9.95. The Kier molecular flexibility index (Phi) is 6.99. The van der Waals surface area contributed by atoms with Gasteiger partial charge < -0.3 is 10.1 Å². The van der Waals surface area contributed by atoms with E-state index in [9.17, 15) is 14.0 Å². The molecule has 1 N–H and O–H groups in total. The normalized spacial score (nSPS) is 18.1. The minimum Gasteiger partial charge on any atom is -0.465 e. The average Bonchev–Trinajstić information content (AvgIpc) is 2.75. The van der Waals surface area contributed by atoms with Gasteiger partial charge in [0.1, 0.15) is 5.82 Å². The quantitative estimate of drug-likeness (QED) is 0.751. The highest BCUT2D eigenvalue weighted by Crippen LogP contribution is 2.22. The highest BCUT2D eigenvalue weighted by Gasteiger charge is 2.29. The molecule has 1 aliphatic rings. The summed E-state index contributed by atoms with van der Waals surface area (Å²) in [5, 5.41) is 3.10. The number of piperidine rings is 1.